The predicted octanol–water partition coefficient (Wildman–Crippen LogP) is 3.34. The number of nitrogens with one attached hydrogen (secondary N) is 3. The molecule has 0 spiro atoms. The second-order valence-corrected chi connectivity index (χ2v) is 9.23. The third-order valence-electron chi connectivity index (χ3n) is 4.84. The molecule has 7 nitrogen and oxygen atoms in total. The van der Waals surface area contributed by atoms with Crippen molar-refractivity contribution >= 4 is 21.7 Å². The monoisotopic (exact) mass is 475 g/mol. The maximum Gasteiger partial charge on any atom is 0.315 e. The number of hydrogen-bond donors (Lipinski definition) is 3. The maximum atomic E-state index is 14.2. The van der Waals surface area contributed by atoms with Crippen LogP contribution in [0.4, 0.5) is 28.0 Å². The van der Waals surface area contributed by atoms with Crippen molar-refractivity contribution in [3.63, 3.8) is 0 Å². The number of carbonyl (C=O) groups is 1. The van der Waals surface area contributed by atoms with Crippen LogP contribution in [0.15, 0.2) is 36.4 Å². The highest BCUT2D eigenvalue weighted by Gasteiger charge is 2.43. The van der Waals surface area contributed by atoms with Crippen LogP contribution in [0.3, 0.4) is 0 Å². The third kappa shape index (κ3) is 5.42. The van der Waals surface area contributed by atoms with Crippen molar-refractivity contribution in [2.75, 3.05) is 24.3 Å². The normalized spacial score (nSPS) is 17.1. The van der Waals surface area contributed by atoms with E-state index in [0.717, 1.165) is 18.4 Å². The Bertz CT molecular complexity index is 1110. The van der Waals surface area contributed by atoms with Gasteiger partial charge in [-0.15, -0.1) is 0 Å². The van der Waals surface area contributed by atoms with E-state index in [0.29, 0.717) is 5.56 Å². The van der Waals surface area contributed by atoms with Crippen LogP contribution in [0.1, 0.15) is 23.6 Å². The molecule has 0 bridgehead atoms. The molecular formula is C20H21F4N3O4S. The molecule has 12 heteroatoms. The third-order valence-corrected chi connectivity index (χ3v) is 5.43. The smallest absolute Gasteiger partial charge is 0.315 e. The lowest BCUT2D eigenvalue weighted by molar-refractivity contribution is -0.0138. The zero-order valence-corrected chi connectivity index (χ0v) is 17.7. The van der Waals surface area contributed by atoms with Crippen molar-refractivity contribution in [2.45, 2.75) is 24.6 Å². The Balaban J connectivity index is 1.69. The lowest BCUT2D eigenvalue weighted by Gasteiger charge is -2.39. The first kappa shape index (κ1) is 23.6. The fourth-order valence-corrected chi connectivity index (χ4v) is 3.88. The fraction of sp³-hybridized carbons (Fsp3) is 0.350. The molecule has 174 valence electrons. The van der Waals surface area contributed by atoms with Crippen molar-refractivity contribution in [2.24, 2.45) is 0 Å². The molecule has 0 aromatic heterocycles. The number of para-hydroxylation sites is 1. The van der Waals surface area contributed by atoms with E-state index in [9.17, 15) is 30.8 Å². The number of urea groups is 1. The van der Waals surface area contributed by atoms with Gasteiger partial charge < -0.3 is 15.4 Å². The Morgan fingerprint density at radius 1 is 1.16 bits per heavy atom. The summed E-state index contributed by atoms with van der Waals surface area (Å²) in [6.45, 7) is -2.56. The minimum Gasteiger partial charge on any atom is -0.478 e. The summed E-state index contributed by atoms with van der Waals surface area (Å²) in [7, 11) is -3.66. The first-order valence-corrected chi connectivity index (χ1v) is 11.3. The van der Waals surface area contributed by atoms with Crippen molar-refractivity contribution in [1.29, 1.82) is 0 Å². The van der Waals surface area contributed by atoms with Gasteiger partial charge in [-0.1, -0.05) is 18.2 Å². The molecule has 32 heavy (non-hydrogen) atoms. The first-order valence-electron chi connectivity index (χ1n) is 9.46. The van der Waals surface area contributed by atoms with Crippen molar-refractivity contribution < 1.29 is 35.5 Å². The van der Waals surface area contributed by atoms with Crippen LogP contribution in [0.2, 0.25) is 0 Å². The van der Waals surface area contributed by atoms with Gasteiger partial charge in [0.2, 0.25) is 10.0 Å². The molecule has 2 amide bonds. The Morgan fingerprint density at radius 2 is 1.88 bits per heavy atom. The van der Waals surface area contributed by atoms with Crippen LogP contribution < -0.4 is 20.1 Å². The summed E-state index contributed by atoms with van der Waals surface area (Å²) in [6.07, 6.45) is 0.622. The van der Waals surface area contributed by atoms with E-state index in [1.54, 1.807) is 0 Å². The SMILES string of the molecule is CS(=O)(=O)Nc1ccc(CNC(=O)N[C@@H]2CC(CF)(CF)Oc3c(F)cccc32)cc1F. The van der Waals surface area contributed by atoms with Crippen LogP contribution in [0.25, 0.3) is 0 Å². The van der Waals surface area contributed by atoms with E-state index in [2.05, 4.69) is 10.6 Å². The van der Waals surface area contributed by atoms with Gasteiger partial charge in [0.05, 0.1) is 18.0 Å². The van der Waals surface area contributed by atoms with Crippen LogP contribution in [0, 0.1) is 11.6 Å². The number of ether oxygens (including phenoxy) is 1. The number of halogens is 4. The van der Waals surface area contributed by atoms with Gasteiger partial charge in [-0.05, 0) is 23.8 Å². The molecular weight excluding hydrogens is 454 g/mol. The Morgan fingerprint density at radius 3 is 2.50 bits per heavy atom. The van der Waals surface area contributed by atoms with Crippen molar-refractivity contribution in [1.82, 2.24) is 10.6 Å². The van der Waals surface area contributed by atoms with Gasteiger partial charge in [-0.25, -0.2) is 30.8 Å². The van der Waals surface area contributed by atoms with Gasteiger partial charge in [-0.2, -0.15) is 0 Å². The summed E-state index contributed by atoms with van der Waals surface area (Å²) < 4.78 is 85.0. The molecule has 0 aliphatic carbocycles. The zero-order valence-electron chi connectivity index (χ0n) is 16.9. The van der Waals surface area contributed by atoms with Gasteiger partial charge in [0.25, 0.3) is 0 Å². The quantitative estimate of drug-likeness (QED) is 0.536. The number of benzene rings is 2. The number of rotatable bonds is 7. The van der Waals surface area contributed by atoms with E-state index in [1.807, 2.05) is 4.72 Å². The number of hydrogen-bond acceptors (Lipinski definition) is 4. The highest BCUT2D eigenvalue weighted by atomic mass is 32.2. The Kier molecular flexibility index (Phi) is 6.82. The molecule has 1 aliphatic rings. The number of anilines is 1. The summed E-state index contributed by atoms with van der Waals surface area (Å²) in [5.41, 5.74) is -1.59. The van der Waals surface area contributed by atoms with Gasteiger partial charge in [0, 0.05) is 18.5 Å². The summed E-state index contributed by atoms with van der Waals surface area (Å²) in [5, 5.41) is 5.01. The lowest BCUT2D eigenvalue weighted by Crippen LogP contribution is -2.50. The number of sulfonamides is 1. The summed E-state index contributed by atoms with van der Waals surface area (Å²) in [6, 6.07) is 5.94. The highest BCUT2D eigenvalue weighted by molar-refractivity contribution is 7.92. The van der Waals surface area contributed by atoms with Gasteiger partial charge in [-0.3, -0.25) is 4.72 Å². The average Bonchev–Trinajstić information content (AvgIpc) is 2.73. The number of carbonyl (C=O) groups excluding carboxylic acids is 1. The molecule has 1 heterocycles. The molecule has 1 aliphatic heterocycles. The molecule has 2 aromatic carbocycles. The Labute approximate surface area is 182 Å². The topological polar surface area (TPSA) is 96.5 Å². The largest absolute Gasteiger partial charge is 0.478 e. The zero-order chi connectivity index (χ0) is 23.5. The summed E-state index contributed by atoms with van der Waals surface area (Å²) in [4.78, 5) is 12.4. The number of amides is 2. The number of alkyl halides is 2. The van der Waals surface area contributed by atoms with Crippen LogP contribution in [-0.2, 0) is 16.6 Å². The molecule has 3 rings (SSSR count). The number of fused-ring (bicyclic) bond motifs is 1. The molecule has 1 atom stereocenters. The molecule has 0 radical (unpaired) electrons. The van der Waals surface area contributed by atoms with Crippen LogP contribution in [0.5, 0.6) is 5.75 Å². The first-order chi connectivity index (χ1) is 15.1. The predicted molar refractivity (Wildman–Crippen MR) is 109 cm³/mol. The van der Waals surface area contributed by atoms with Gasteiger partial charge in [0.15, 0.2) is 17.2 Å². The molecule has 0 fully saturated rings. The molecule has 0 unspecified atom stereocenters. The van der Waals surface area contributed by atoms with Crippen molar-refractivity contribution in [3.8, 4) is 5.75 Å². The van der Waals surface area contributed by atoms with Crippen LogP contribution in [-0.4, -0.2) is 39.7 Å². The molecule has 0 saturated heterocycles. The second-order valence-electron chi connectivity index (χ2n) is 7.48. The lowest BCUT2D eigenvalue weighted by atomic mass is 9.88. The minimum absolute atomic E-state index is 0.126. The molecule has 3 N–H and O–H groups in total. The molecule has 0 saturated carbocycles. The van der Waals surface area contributed by atoms with E-state index < -0.39 is 52.7 Å². The van der Waals surface area contributed by atoms with E-state index >= 15 is 0 Å². The average molecular weight is 475 g/mol. The second kappa shape index (κ2) is 9.23. The van der Waals surface area contributed by atoms with E-state index in [4.69, 9.17) is 4.74 Å². The van der Waals surface area contributed by atoms with Gasteiger partial charge in [0.1, 0.15) is 19.2 Å². The van der Waals surface area contributed by atoms with Gasteiger partial charge >= 0.3 is 6.03 Å². The van der Waals surface area contributed by atoms with E-state index in [-0.39, 0.29) is 30.0 Å². The Hall–Kier alpha value is -3.02. The van der Waals surface area contributed by atoms with Crippen LogP contribution >= 0.6 is 0 Å². The fourth-order valence-electron chi connectivity index (χ4n) is 3.32. The maximum absolute atomic E-state index is 14.2. The summed E-state index contributed by atoms with van der Waals surface area (Å²) >= 11 is 0. The van der Waals surface area contributed by atoms with Crippen molar-refractivity contribution in [3.05, 3.63) is 59.2 Å². The minimum atomic E-state index is -3.66. The standard InChI is InChI=1S/C20H21F4N3O4S/c1-32(29,30)27-16-6-5-12(7-15(16)24)9-25-19(28)26-17-8-20(10-21,11-22)31-18-13(17)3-2-4-14(18)23/h2-7,17,27H,8-11H2,1H3,(H2,25,26,28)/t17-/m1/s1. The molecule has 2 aromatic rings. The van der Waals surface area contributed by atoms with E-state index in [1.165, 1.54) is 24.3 Å². The summed E-state index contributed by atoms with van der Waals surface area (Å²) in [5.74, 6) is -1.96. The highest BCUT2D eigenvalue weighted by Crippen LogP contribution is 2.41.